The van der Waals surface area contributed by atoms with E-state index in [1.54, 1.807) is 28.6 Å². The molecule has 1 heterocycles. The molecule has 0 spiro atoms. The van der Waals surface area contributed by atoms with E-state index in [0.29, 0.717) is 5.56 Å². The van der Waals surface area contributed by atoms with Crippen molar-refractivity contribution in [1.82, 2.24) is 4.98 Å². The number of carbonyl (C=O) groups is 1. The third-order valence-corrected chi connectivity index (χ3v) is 4.55. The smallest absolute Gasteiger partial charge is 0.256 e. The number of rotatable bonds is 3. The lowest BCUT2D eigenvalue weighted by atomic mass is 10.2. The van der Waals surface area contributed by atoms with E-state index < -0.39 is 0 Å². The first kappa shape index (κ1) is 13.1. The van der Waals surface area contributed by atoms with Crippen LogP contribution in [0.4, 0.5) is 5.69 Å². The quantitative estimate of drug-likeness (QED) is 0.734. The van der Waals surface area contributed by atoms with Crippen LogP contribution in [0, 0.1) is 0 Å². The molecule has 1 N–H and O–H groups in total. The molecule has 1 amide bonds. The van der Waals surface area contributed by atoms with E-state index in [9.17, 15) is 4.79 Å². The zero-order valence-electron chi connectivity index (χ0n) is 10.8. The van der Waals surface area contributed by atoms with Crippen LogP contribution in [0.25, 0.3) is 10.2 Å². The molecule has 0 radical (unpaired) electrons. The molecule has 100 valence electrons. The summed E-state index contributed by atoms with van der Waals surface area (Å²) in [7, 11) is 0. The fourth-order valence-corrected chi connectivity index (χ4v) is 3.22. The van der Waals surface area contributed by atoms with E-state index in [4.69, 9.17) is 0 Å². The SMILES string of the molecule is CSc1ccccc1C(=O)Nc1ccc2scnc2c1. The number of fused-ring (bicyclic) bond motifs is 1. The molecule has 3 rings (SSSR count). The van der Waals surface area contributed by atoms with Crippen molar-refractivity contribution < 1.29 is 4.79 Å². The first-order chi connectivity index (χ1) is 9.78. The highest BCUT2D eigenvalue weighted by Crippen LogP contribution is 2.24. The fraction of sp³-hybridized carbons (Fsp3) is 0.0667. The number of benzene rings is 2. The number of carbonyl (C=O) groups excluding carboxylic acids is 1. The molecular formula is C15H12N2OS2. The number of nitrogens with zero attached hydrogens (tertiary/aromatic N) is 1. The van der Waals surface area contributed by atoms with Crippen molar-refractivity contribution in [2.75, 3.05) is 11.6 Å². The van der Waals surface area contributed by atoms with Crippen LogP contribution < -0.4 is 5.32 Å². The van der Waals surface area contributed by atoms with Crippen molar-refractivity contribution >= 4 is 44.9 Å². The molecule has 0 saturated carbocycles. The molecule has 1 aromatic heterocycles. The van der Waals surface area contributed by atoms with Crippen LogP contribution in [0.15, 0.2) is 52.9 Å². The molecular weight excluding hydrogens is 288 g/mol. The van der Waals surface area contributed by atoms with Crippen LogP contribution in [-0.2, 0) is 0 Å². The lowest BCUT2D eigenvalue weighted by Gasteiger charge is -2.08. The van der Waals surface area contributed by atoms with Gasteiger partial charge in [0.05, 0.1) is 21.3 Å². The second-order valence-electron chi connectivity index (χ2n) is 4.19. The van der Waals surface area contributed by atoms with E-state index in [1.165, 1.54) is 0 Å². The highest BCUT2D eigenvalue weighted by Gasteiger charge is 2.10. The van der Waals surface area contributed by atoms with E-state index in [2.05, 4.69) is 10.3 Å². The molecule has 5 heteroatoms. The van der Waals surface area contributed by atoms with Gasteiger partial charge < -0.3 is 5.32 Å². The number of hydrogen-bond donors (Lipinski definition) is 1. The standard InChI is InChI=1S/C15H12N2OS2/c1-19-13-5-3-2-4-11(13)15(18)17-10-6-7-14-12(8-10)16-9-20-14/h2-9H,1H3,(H,17,18). The van der Waals surface area contributed by atoms with E-state index >= 15 is 0 Å². The Morgan fingerprint density at radius 3 is 2.95 bits per heavy atom. The Kier molecular flexibility index (Phi) is 3.71. The molecule has 20 heavy (non-hydrogen) atoms. The number of thiazole rings is 1. The molecule has 3 nitrogen and oxygen atoms in total. The van der Waals surface area contributed by atoms with Crippen molar-refractivity contribution in [3.8, 4) is 0 Å². The van der Waals surface area contributed by atoms with Crippen LogP contribution in [0.2, 0.25) is 0 Å². The first-order valence-corrected chi connectivity index (χ1v) is 8.16. The number of thioether (sulfide) groups is 1. The largest absolute Gasteiger partial charge is 0.322 e. The Morgan fingerprint density at radius 1 is 1.25 bits per heavy atom. The number of anilines is 1. The van der Waals surface area contributed by atoms with Crippen LogP contribution in [0.5, 0.6) is 0 Å². The zero-order chi connectivity index (χ0) is 13.9. The molecule has 0 fully saturated rings. The van der Waals surface area contributed by atoms with Crippen LogP contribution in [-0.4, -0.2) is 17.1 Å². The minimum absolute atomic E-state index is 0.0930. The Hall–Kier alpha value is -1.85. The molecule has 0 unspecified atom stereocenters. The van der Waals surface area contributed by atoms with Crippen molar-refractivity contribution in [1.29, 1.82) is 0 Å². The summed E-state index contributed by atoms with van der Waals surface area (Å²) >= 11 is 3.16. The monoisotopic (exact) mass is 300 g/mol. The number of hydrogen-bond acceptors (Lipinski definition) is 4. The van der Waals surface area contributed by atoms with Crippen LogP contribution in [0.1, 0.15) is 10.4 Å². The van der Waals surface area contributed by atoms with Gasteiger partial charge in [-0.15, -0.1) is 23.1 Å². The maximum Gasteiger partial charge on any atom is 0.256 e. The topological polar surface area (TPSA) is 42.0 Å². The van der Waals surface area contributed by atoms with Gasteiger partial charge in [-0.3, -0.25) is 4.79 Å². The van der Waals surface area contributed by atoms with Crippen molar-refractivity contribution in [2.45, 2.75) is 4.90 Å². The summed E-state index contributed by atoms with van der Waals surface area (Å²) in [6, 6.07) is 13.4. The molecule has 0 atom stereocenters. The first-order valence-electron chi connectivity index (χ1n) is 6.05. The summed E-state index contributed by atoms with van der Waals surface area (Å²) in [6.07, 6.45) is 1.97. The molecule has 2 aromatic carbocycles. The van der Waals surface area contributed by atoms with Crippen LogP contribution >= 0.6 is 23.1 Å². The maximum atomic E-state index is 12.3. The molecule has 0 saturated heterocycles. The van der Waals surface area contributed by atoms with Gasteiger partial charge in [0.15, 0.2) is 0 Å². The molecule has 0 bridgehead atoms. The zero-order valence-corrected chi connectivity index (χ0v) is 12.4. The van der Waals surface area contributed by atoms with E-state index in [1.807, 2.05) is 48.7 Å². The maximum absolute atomic E-state index is 12.3. The van der Waals surface area contributed by atoms with Crippen molar-refractivity contribution in [3.63, 3.8) is 0 Å². The summed E-state index contributed by atoms with van der Waals surface area (Å²) < 4.78 is 1.12. The highest BCUT2D eigenvalue weighted by atomic mass is 32.2. The van der Waals surface area contributed by atoms with E-state index in [0.717, 1.165) is 20.8 Å². The minimum atomic E-state index is -0.0930. The van der Waals surface area contributed by atoms with Gasteiger partial charge in [0.1, 0.15) is 0 Å². The predicted octanol–water partition coefficient (Wildman–Crippen LogP) is 4.27. The van der Waals surface area contributed by atoms with Gasteiger partial charge in [-0.1, -0.05) is 12.1 Å². The van der Waals surface area contributed by atoms with Crippen molar-refractivity contribution in [2.24, 2.45) is 0 Å². The summed E-state index contributed by atoms with van der Waals surface area (Å²) in [4.78, 5) is 17.6. The van der Waals surface area contributed by atoms with Gasteiger partial charge in [0, 0.05) is 10.6 Å². The lowest BCUT2D eigenvalue weighted by Crippen LogP contribution is -2.12. The molecule has 0 aliphatic carbocycles. The number of amides is 1. The Balaban J connectivity index is 1.88. The Morgan fingerprint density at radius 2 is 2.10 bits per heavy atom. The second kappa shape index (κ2) is 5.64. The van der Waals surface area contributed by atoms with E-state index in [-0.39, 0.29) is 5.91 Å². The molecule has 0 aliphatic heterocycles. The number of aromatic nitrogens is 1. The lowest BCUT2D eigenvalue weighted by molar-refractivity contribution is 0.102. The molecule has 0 aliphatic rings. The third-order valence-electron chi connectivity index (χ3n) is 2.94. The average Bonchev–Trinajstić information content (AvgIpc) is 2.94. The summed E-state index contributed by atoms with van der Waals surface area (Å²) in [5, 5.41) is 2.93. The van der Waals surface area contributed by atoms with Gasteiger partial charge in [-0.2, -0.15) is 0 Å². The van der Waals surface area contributed by atoms with Gasteiger partial charge in [0.2, 0.25) is 0 Å². The molecule has 3 aromatic rings. The van der Waals surface area contributed by atoms with Crippen LogP contribution in [0.3, 0.4) is 0 Å². The number of nitrogens with one attached hydrogen (secondary N) is 1. The summed E-state index contributed by atoms with van der Waals surface area (Å²) in [5.41, 5.74) is 4.17. The average molecular weight is 300 g/mol. The predicted molar refractivity (Wildman–Crippen MR) is 85.8 cm³/mol. The van der Waals surface area contributed by atoms with Gasteiger partial charge >= 0.3 is 0 Å². The Labute approximate surface area is 125 Å². The fourth-order valence-electron chi connectivity index (χ4n) is 1.97. The normalized spacial score (nSPS) is 10.7. The van der Waals surface area contributed by atoms with Gasteiger partial charge in [-0.05, 0) is 36.6 Å². The van der Waals surface area contributed by atoms with Gasteiger partial charge in [0.25, 0.3) is 5.91 Å². The third kappa shape index (κ3) is 2.55. The summed E-state index contributed by atoms with van der Waals surface area (Å²) in [5.74, 6) is -0.0930. The Bertz CT molecular complexity index is 767. The summed E-state index contributed by atoms with van der Waals surface area (Å²) in [6.45, 7) is 0. The van der Waals surface area contributed by atoms with Gasteiger partial charge in [-0.25, -0.2) is 4.98 Å². The minimum Gasteiger partial charge on any atom is -0.322 e. The van der Waals surface area contributed by atoms with Crippen molar-refractivity contribution in [3.05, 3.63) is 53.5 Å². The second-order valence-corrected chi connectivity index (χ2v) is 5.92. The highest BCUT2D eigenvalue weighted by molar-refractivity contribution is 7.98.